The molecule has 1 aromatic heterocycles. The molecule has 0 fully saturated rings. The Balaban J connectivity index is 1.54. The number of aryl methyl sites for hydroxylation is 1. The predicted octanol–water partition coefficient (Wildman–Crippen LogP) is 6.18. The number of amides is 1. The summed E-state index contributed by atoms with van der Waals surface area (Å²) in [7, 11) is 3.33. The van der Waals surface area contributed by atoms with Crippen LogP contribution in [-0.2, 0) is 24.8 Å². The molecule has 1 amide bonds. The summed E-state index contributed by atoms with van der Waals surface area (Å²) in [5, 5.41) is 1.10. The smallest absolute Gasteiger partial charge is 0.326 e. The topological polar surface area (TPSA) is 79.7 Å². The molecule has 0 spiro atoms. The molecule has 4 aromatic carbocycles. The SMILES string of the molecule is COc1ccc(CN2C(=O)[C@@H](Cc3ccccc3Cl)N=C(c3ccc4[nH]c(=O)n(C)c4c3)c3cc(Cl)ccc32)cc1. The van der Waals surface area contributed by atoms with E-state index in [1.165, 1.54) is 0 Å². The summed E-state index contributed by atoms with van der Waals surface area (Å²) in [5.41, 5.74) is 5.79. The van der Waals surface area contributed by atoms with Gasteiger partial charge >= 0.3 is 5.69 Å². The number of fused-ring (bicyclic) bond motifs is 2. The van der Waals surface area contributed by atoms with Gasteiger partial charge in [-0.2, -0.15) is 0 Å². The Morgan fingerprint density at radius 1 is 0.951 bits per heavy atom. The minimum atomic E-state index is -0.764. The average Bonchev–Trinajstić information content (AvgIpc) is 3.21. The van der Waals surface area contributed by atoms with E-state index in [4.69, 9.17) is 32.9 Å². The standard InChI is InChI=1S/C32H26Cl2N4O3/c1-37-29-16-21(9-13-26(29)36-32(37)40)30-24-17-22(33)10-14-28(24)38(18-19-7-11-23(41-2)12-8-19)31(39)27(35-30)15-20-5-3-4-6-25(20)34/h3-14,16-17,27H,15,18H2,1-2H3,(H,36,40)/t27-/m1/s1. The average molecular weight is 585 g/mol. The van der Waals surface area contributed by atoms with Crippen LogP contribution >= 0.6 is 23.2 Å². The Labute approximate surface area is 246 Å². The molecular formula is C32H26Cl2N4O3. The number of halogens is 2. The van der Waals surface area contributed by atoms with Gasteiger partial charge in [0.25, 0.3) is 5.91 Å². The fourth-order valence-corrected chi connectivity index (χ4v) is 5.58. The predicted molar refractivity (Wildman–Crippen MR) is 164 cm³/mol. The van der Waals surface area contributed by atoms with Crippen LogP contribution in [0.15, 0.2) is 94.7 Å². The fourth-order valence-electron chi connectivity index (χ4n) is 5.19. The number of hydrogen-bond donors (Lipinski definition) is 1. The number of nitrogens with one attached hydrogen (secondary N) is 1. The van der Waals surface area contributed by atoms with Gasteiger partial charge in [-0.1, -0.05) is 59.6 Å². The van der Waals surface area contributed by atoms with Gasteiger partial charge in [0.15, 0.2) is 0 Å². The highest BCUT2D eigenvalue weighted by molar-refractivity contribution is 6.32. The van der Waals surface area contributed by atoms with Gasteiger partial charge in [0.1, 0.15) is 11.8 Å². The largest absolute Gasteiger partial charge is 0.497 e. The molecular weight excluding hydrogens is 559 g/mol. The van der Waals surface area contributed by atoms with Crippen LogP contribution < -0.4 is 15.3 Å². The number of methoxy groups -OCH3 is 1. The number of ether oxygens (including phenoxy) is 1. The lowest BCUT2D eigenvalue weighted by molar-refractivity contribution is -0.119. The molecule has 1 N–H and O–H groups in total. The molecule has 2 heterocycles. The maximum absolute atomic E-state index is 14.4. The number of nitrogens with zero attached hydrogens (tertiary/aromatic N) is 3. The number of H-pyrrole nitrogens is 1. The molecule has 0 radical (unpaired) electrons. The number of carbonyl (C=O) groups is 1. The van der Waals surface area contributed by atoms with E-state index in [9.17, 15) is 9.59 Å². The number of hydrogen-bond acceptors (Lipinski definition) is 4. The van der Waals surface area contributed by atoms with Crippen molar-refractivity contribution in [2.45, 2.75) is 19.0 Å². The highest BCUT2D eigenvalue weighted by atomic mass is 35.5. The van der Waals surface area contributed by atoms with Crippen LogP contribution in [0.2, 0.25) is 10.0 Å². The van der Waals surface area contributed by atoms with Gasteiger partial charge in [-0.25, -0.2) is 4.79 Å². The second kappa shape index (κ2) is 10.9. The molecule has 1 aliphatic heterocycles. The van der Waals surface area contributed by atoms with Crippen molar-refractivity contribution in [3.8, 4) is 5.75 Å². The quantitative estimate of drug-likeness (QED) is 0.259. The van der Waals surface area contributed by atoms with Crippen LogP contribution in [0.1, 0.15) is 22.3 Å². The summed E-state index contributed by atoms with van der Waals surface area (Å²) in [5.74, 6) is 0.578. The molecule has 1 atom stereocenters. The molecule has 206 valence electrons. The fraction of sp³-hybridized carbons (Fsp3) is 0.156. The zero-order valence-corrected chi connectivity index (χ0v) is 23.9. The maximum Gasteiger partial charge on any atom is 0.326 e. The van der Waals surface area contributed by atoms with E-state index in [1.807, 2.05) is 78.9 Å². The lowest BCUT2D eigenvalue weighted by Crippen LogP contribution is -2.38. The van der Waals surface area contributed by atoms with Crippen molar-refractivity contribution in [3.63, 3.8) is 0 Å². The molecule has 0 saturated heterocycles. The number of anilines is 1. The highest BCUT2D eigenvalue weighted by Gasteiger charge is 2.33. The van der Waals surface area contributed by atoms with Crippen LogP contribution in [0.4, 0.5) is 5.69 Å². The van der Waals surface area contributed by atoms with Crippen molar-refractivity contribution in [3.05, 3.63) is 128 Å². The van der Waals surface area contributed by atoms with Crippen molar-refractivity contribution >= 4 is 51.5 Å². The minimum absolute atomic E-state index is 0.158. The van der Waals surface area contributed by atoms with E-state index in [0.717, 1.165) is 33.5 Å². The first-order valence-corrected chi connectivity index (χ1v) is 13.8. The zero-order chi connectivity index (χ0) is 28.7. The molecule has 6 rings (SSSR count). The normalized spacial score (nSPS) is 15.0. The van der Waals surface area contributed by atoms with Crippen LogP contribution in [0, 0.1) is 0 Å². The van der Waals surface area contributed by atoms with E-state index in [1.54, 1.807) is 29.7 Å². The van der Waals surface area contributed by atoms with E-state index in [-0.39, 0.29) is 11.6 Å². The van der Waals surface area contributed by atoms with Crippen molar-refractivity contribution in [1.82, 2.24) is 9.55 Å². The highest BCUT2D eigenvalue weighted by Crippen LogP contribution is 2.34. The van der Waals surface area contributed by atoms with Gasteiger partial charge < -0.3 is 14.6 Å². The number of aromatic amines is 1. The van der Waals surface area contributed by atoms with Crippen molar-refractivity contribution < 1.29 is 9.53 Å². The molecule has 7 nitrogen and oxygen atoms in total. The van der Waals surface area contributed by atoms with Crippen LogP contribution in [-0.4, -0.2) is 34.3 Å². The molecule has 0 unspecified atom stereocenters. The number of benzodiazepines with no additional fused rings is 1. The number of aliphatic imine (C=N–C) groups is 1. The van der Waals surface area contributed by atoms with Crippen LogP contribution in [0.3, 0.4) is 0 Å². The Morgan fingerprint density at radius 3 is 2.49 bits per heavy atom. The summed E-state index contributed by atoms with van der Waals surface area (Å²) in [6.07, 6.45) is 0.313. The molecule has 1 aliphatic rings. The first-order valence-electron chi connectivity index (χ1n) is 13.1. The number of benzene rings is 4. The second-order valence-electron chi connectivity index (χ2n) is 9.94. The number of rotatable bonds is 6. The van der Waals surface area contributed by atoms with Crippen molar-refractivity contribution in [2.24, 2.45) is 12.0 Å². The lowest BCUT2D eigenvalue weighted by atomic mass is 9.99. The third-order valence-electron chi connectivity index (χ3n) is 7.39. The summed E-state index contributed by atoms with van der Waals surface area (Å²) < 4.78 is 6.87. The Bertz CT molecular complexity index is 1870. The van der Waals surface area contributed by atoms with Crippen LogP contribution in [0.5, 0.6) is 5.75 Å². The number of aromatic nitrogens is 2. The summed E-state index contributed by atoms with van der Waals surface area (Å²) >= 11 is 13.1. The van der Waals surface area contributed by atoms with Crippen molar-refractivity contribution in [1.29, 1.82) is 0 Å². The number of carbonyl (C=O) groups excluding carboxylic acids is 1. The third kappa shape index (κ3) is 5.14. The first kappa shape index (κ1) is 26.9. The number of imidazole rings is 1. The Hall–Kier alpha value is -4.33. The van der Waals surface area contributed by atoms with Crippen molar-refractivity contribution in [2.75, 3.05) is 12.0 Å². The van der Waals surface area contributed by atoms with E-state index in [2.05, 4.69) is 4.98 Å². The molecule has 0 saturated carbocycles. The lowest BCUT2D eigenvalue weighted by Gasteiger charge is -2.26. The summed E-state index contributed by atoms with van der Waals surface area (Å²) in [6.45, 7) is 0.324. The van der Waals surface area contributed by atoms with E-state index < -0.39 is 6.04 Å². The summed E-state index contributed by atoms with van der Waals surface area (Å²) in [4.78, 5) is 36.4. The van der Waals surface area contributed by atoms with E-state index >= 15 is 0 Å². The van der Waals surface area contributed by atoms with E-state index in [0.29, 0.717) is 39.9 Å². The minimum Gasteiger partial charge on any atom is -0.497 e. The molecule has 9 heteroatoms. The molecule has 41 heavy (non-hydrogen) atoms. The molecule has 5 aromatic rings. The van der Waals surface area contributed by atoms with Gasteiger partial charge in [0, 0.05) is 34.6 Å². The second-order valence-corrected chi connectivity index (χ2v) is 10.8. The van der Waals surface area contributed by atoms with Gasteiger partial charge in [-0.15, -0.1) is 0 Å². The Kier molecular flexibility index (Phi) is 7.15. The first-order chi connectivity index (χ1) is 19.8. The van der Waals surface area contributed by atoms with Crippen LogP contribution in [0.25, 0.3) is 11.0 Å². The monoisotopic (exact) mass is 584 g/mol. The molecule has 0 aliphatic carbocycles. The maximum atomic E-state index is 14.4. The third-order valence-corrected chi connectivity index (χ3v) is 7.99. The van der Waals surface area contributed by atoms with Gasteiger partial charge in [0.2, 0.25) is 0 Å². The van der Waals surface area contributed by atoms with Gasteiger partial charge in [-0.3, -0.25) is 14.4 Å². The molecule has 0 bridgehead atoms. The van der Waals surface area contributed by atoms with Gasteiger partial charge in [0.05, 0.1) is 36.1 Å². The zero-order valence-electron chi connectivity index (χ0n) is 22.4. The summed E-state index contributed by atoms with van der Waals surface area (Å²) in [6, 6.07) is 25.5. The Morgan fingerprint density at radius 2 is 1.73 bits per heavy atom. The van der Waals surface area contributed by atoms with Gasteiger partial charge in [-0.05, 0) is 59.7 Å².